The van der Waals surface area contributed by atoms with Crippen LogP contribution in [0, 0.1) is 5.92 Å². The molecule has 0 radical (unpaired) electrons. The molecule has 31 heavy (non-hydrogen) atoms. The molecular formula is C24H21N3O3S. The molecule has 0 saturated heterocycles. The number of rotatable bonds is 4. The lowest BCUT2D eigenvalue weighted by atomic mass is 9.72. The van der Waals surface area contributed by atoms with E-state index in [-0.39, 0.29) is 17.1 Å². The number of H-pyrrole nitrogens is 1. The van der Waals surface area contributed by atoms with E-state index < -0.39 is 11.8 Å². The van der Waals surface area contributed by atoms with Gasteiger partial charge in [0.15, 0.2) is 5.16 Å². The van der Waals surface area contributed by atoms with Crippen molar-refractivity contribution in [3.05, 3.63) is 93.4 Å². The Morgan fingerprint density at radius 3 is 2.71 bits per heavy atom. The quantitative estimate of drug-likeness (QED) is 0.424. The minimum Gasteiger partial charge on any atom is -0.508 e. The van der Waals surface area contributed by atoms with Crippen LogP contribution in [0.25, 0.3) is 0 Å². The summed E-state index contributed by atoms with van der Waals surface area (Å²) < 4.78 is 0. The van der Waals surface area contributed by atoms with Gasteiger partial charge in [0.05, 0.1) is 11.5 Å². The van der Waals surface area contributed by atoms with E-state index in [9.17, 15) is 14.7 Å². The summed E-state index contributed by atoms with van der Waals surface area (Å²) in [6.45, 7) is 0. The molecule has 1 aliphatic carbocycles. The molecule has 0 unspecified atom stereocenters. The van der Waals surface area contributed by atoms with Crippen molar-refractivity contribution < 1.29 is 9.90 Å². The molecule has 1 aliphatic heterocycles. The number of phenols is 1. The summed E-state index contributed by atoms with van der Waals surface area (Å²) in [7, 11) is 0. The van der Waals surface area contributed by atoms with Crippen molar-refractivity contribution in [2.24, 2.45) is 5.92 Å². The Morgan fingerprint density at radius 2 is 1.90 bits per heavy atom. The number of ketones is 1. The largest absolute Gasteiger partial charge is 0.508 e. The highest BCUT2D eigenvalue weighted by Gasteiger charge is 2.42. The van der Waals surface area contributed by atoms with E-state index in [1.54, 1.807) is 18.2 Å². The molecule has 5 rings (SSSR count). The number of allylic oxidation sites excluding steroid dienone is 2. The van der Waals surface area contributed by atoms with Gasteiger partial charge < -0.3 is 15.4 Å². The molecule has 6 nitrogen and oxygen atoms in total. The van der Waals surface area contributed by atoms with E-state index in [1.165, 1.54) is 11.8 Å². The number of aromatic amines is 1. The number of thioether (sulfide) groups is 1. The van der Waals surface area contributed by atoms with Crippen LogP contribution in [-0.4, -0.2) is 20.9 Å². The number of aromatic hydroxyl groups is 1. The number of phenolic OH excluding ortho intramolecular Hbond substituents is 1. The lowest BCUT2D eigenvalue weighted by Crippen LogP contribution is -2.38. The highest BCUT2D eigenvalue weighted by atomic mass is 32.2. The molecule has 156 valence electrons. The van der Waals surface area contributed by atoms with Crippen LogP contribution in [0.1, 0.15) is 35.4 Å². The molecule has 2 aliphatic rings. The summed E-state index contributed by atoms with van der Waals surface area (Å²) >= 11 is 1.46. The first kappa shape index (κ1) is 19.6. The number of carbonyl (C=O) groups excluding carboxylic acids is 1. The summed E-state index contributed by atoms with van der Waals surface area (Å²) in [5.41, 5.74) is 2.82. The first-order valence-corrected chi connectivity index (χ1v) is 11.2. The van der Waals surface area contributed by atoms with Crippen LogP contribution in [0.2, 0.25) is 0 Å². The molecule has 0 saturated carbocycles. The molecule has 0 spiro atoms. The van der Waals surface area contributed by atoms with E-state index in [1.807, 2.05) is 42.5 Å². The van der Waals surface area contributed by atoms with Crippen molar-refractivity contribution >= 4 is 23.4 Å². The number of Topliss-reactive ketones (excluding diaryl/α,β-unsaturated/α-hetero) is 1. The summed E-state index contributed by atoms with van der Waals surface area (Å²) in [5.74, 6) is 0.379. The van der Waals surface area contributed by atoms with Gasteiger partial charge in [0, 0.05) is 23.8 Å². The minimum absolute atomic E-state index is 0.0888. The van der Waals surface area contributed by atoms with Crippen molar-refractivity contribution in [2.75, 3.05) is 5.32 Å². The first-order chi connectivity index (χ1) is 15.1. The third kappa shape index (κ3) is 3.77. The molecule has 0 bridgehead atoms. The van der Waals surface area contributed by atoms with Crippen LogP contribution < -0.4 is 10.9 Å². The number of benzene rings is 2. The highest BCUT2D eigenvalue weighted by molar-refractivity contribution is 7.98. The Hall–Kier alpha value is -3.32. The zero-order valence-corrected chi connectivity index (χ0v) is 17.5. The first-order valence-electron chi connectivity index (χ1n) is 10.2. The monoisotopic (exact) mass is 431 g/mol. The van der Waals surface area contributed by atoms with Gasteiger partial charge in [-0.15, -0.1) is 0 Å². The molecule has 2 atom stereocenters. The Balaban J connectivity index is 1.58. The lowest BCUT2D eigenvalue weighted by Gasteiger charge is -2.36. The molecule has 0 fully saturated rings. The summed E-state index contributed by atoms with van der Waals surface area (Å²) in [6.07, 6.45) is 3.12. The van der Waals surface area contributed by atoms with Crippen LogP contribution in [-0.2, 0) is 10.5 Å². The van der Waals surface area contributed by atoms with E-state index in [0.29, 0.717) is 35.1 Å². The SMILES string of the molecule is O=C1CCC=C2Nc3nc(SCc4ccccc4)[nH]c(=O)c3[C@H](c3cccc(O)c3)[C@@H]12. The number of aromatic nitrogens is 2. The second-order valence-electron chi connectivity index (χ2n) is 7.75. The molecule has 1 aromatic heterocycles. The minimum atomic E-state index is -0.494. The zero-order chi connectivity index (χ0) is 21.4. The van der Waals surface area contributed by atoms with Gasteiger partial charge in [-0.3, -0.25) is 9.59 Å². The number of anilines is 1. The third-order valence-electron chi connectivity index (χ3n) is 5.73. The highest BCUT2D eigenvalue weighted by Crippen LogP contribution is 2.45. The average molecular weight is 432 g/mol. The predicted octanol–water partition coefficient (Wildman–Crippen LogP) is 4.19. The van der Waals surface area contributed by atoms with Crippen LogP contribution >= 0.6 is 11.8 Å². The van der Waals surface area contributed by atoms with Crippen molar-refractivity contribution in [1.29, 1.82) is 0 Å². The zero-order valence-electron chi connectivity index (χ0n) is 16.7. The number of nitrogens with zero attached hydrogens (tertiary/aromatic N) is 1. The molecule has 3 aromatic rings. The van der Waals surface area contributed by atoms with E-state index in [0.717, 1.165) is 16.8 Å². The molecule has 2 aromatic carbocycles. The van der Waals surface area contributed by atoms with Gasteiger partial charge in [-0.1, -0.05) is 60.3 Å². The number of hydrogen-bond acceptors (Lipinski definition) is 6. The molecular weight excluding hydrogens is 410 g/mol. The smallest absolute Gasteiger partial charge is 0.257 e. The average Bonchev–Trinajstić information content (AvgIpc) is 2.77. The molecule has 3 N–H and O–H groups in total. The third-order valence-corrected chi connectivity index (χ3v) is 6.67. The van der Waals surface area contributed by atoms with E-state index in [2.05, 4.69) is 15.3 Å². The summed E-state index contributed by atoms with van der Waals surface area (Å²) in [4.78, 5) is 33.6. The normalized spacial score (nSPS) is 19.7. The van der Waals surface area contributed by atoms with Gasteiger partial charge >= 0.3 is 0 Å². The summed E-state index contributed by atoms with van der Waals surface area (Å²) in [5, 5.41) is 13.8. The van der Waals surface area contributed by atoms with Crippen molar-refractivity contribution in [1.82, 2.24) is 9.97 Å². The Kier molecular flexibility index (Phi) is 5.11. The van der Waals surface area contributed by atoms with Gasteiger partial charge in [0.1, 0.15) is 17.4 Å². The van der Waals surface area contributed by atoms with Crippen molar-refractivity contribution in [3.8, 4) is 5.75 Å². The topological polar surface area (TPSA) is 95.1 Å². The van der Waals surface area contributed by atoms with Crippen molar-refractivity contribution in [3.63, 3.8) is 0 Å². The second-order valence-corrected chi connectivity index (χ2v) is 8.71. The van der Waals surface area contributed by atoms with Crippen LogP contribution in [0.15, 0.2) is 76.3 Å². The fourth-order valence-corrected chi connectivity index (χ4v) is 5.16. The molecule has 2 heterocycles. The number of hydrogen-bond donors (Lipinski definition) is 3. The maximum absolute atomic E-state index is 13.2. The van der Waals surface area contributed by atoms with Crippen LogP contribution in [0.4, 0.5) is 5.82 Å². The van der Waals surface area contributed by atoms with Crippen molar-refractivity contribution in [2.45, 2.75) is 29.7 Å². The standard InChI is InChI=1S/C24H21N3O3S/c28-16-9-4-8-15(12-16)19-20-17(10-5-11-18(20)29)25-22-21(19)23(30)27-24(26-22)31-13-14-6-2-1-3-7-14/h1-4,6-10,12,19-20,28H,5,11,13H2,(H2,25,26,27,30)/t19-,20-/m1/s1. The van der Waals surface area contributed by atoms with Gasteiger partial charge in [-0.25, -0.2) is 4.98 Å². The van der Waals surface area contributed by atoms with Gasteiger partial charge in [-0.2, -0.15) is 0 Å². The lowest BCUT2D eigenvalue weighted by molar-refractivity contribution is -0.122. The predicted molar refractivity (Wildman–Crippen MR) is 120 cm³/mol. The Bertz CT molecular complexity index is 1240. The van der Waals surface area contributed by atoms with Gasteiger partial charge in [-0.05, 0) is 29.7 Å². The number of nitrogens with one attached hydrogen (secondary N) is 2. The second kappa shape index (κ2) is 8.07. The molecule has 7 heteroatoms. The fourth-order valence-electron chi connectivity index (χ4n) is 4.34. The number of carbonyl (C=O) groups is 1. The number of fused-ring (bicyclic) bond motifs is 2. The van der Waals surface area contributed by atoms with Crippen LogP contribution in [0.5, 0.6) is 5.75 Å². The Labute approximate surface area is 183 Å². The van der Waals surface area contributed by atoms with Gasteiger partial charge in [0.2, 0.25) is 0 Å². The Morgan fingerprint density at radius 1 is 1.06 bits per heavy atom. The maximum Gasteiger partial charge on any atom is 0.257 e. The summed E-state index contributed by atoms with van der Waals surface area (Å²) in [6, 6.07) is 16.8. The fraction of sp³-hybridized carbons (Fsp3) is 0.208. The maximum atomic E-state index is 13.2. The van der Waals surface area contributed by atoms with Crippen LogP contribution in [0.3, 0.4) is 0 Å². The molecule has 0 amide bonds. The van der Waals surface area contributed by atoms with Gasteiger partial charge in [0.25, 0.3) is 5.56 Å². The van der Waals surface area contributed by atoms with E-state index >= 15 is 0 Å². The van der Waals surface area contributed by atoms with E-state index in [4.69, 9.17) is 0 Å².